The normalized spacial score (nSPS) is 12.6. The second kappa shape index (κ2) is 5.32. The van der Waals surface area contributed by atoms with Gasteiger partial charge in [0, 0.05) is 18.0 Å². The Bertz CT molecular complexity index is 619. The van der Waals surface area contributed by atoms with Crippen molar-refractivity contribution in [3.05, 3.63) is 32.8 Å². The molecule has 0 spiro atoms. The van der Waals surface area contributed by atoms with Gasteiger partial charge in [0.25, 0.3) is 5.69 Å². The number of hydrogen-bond donors (Lipinski definition) is 1. The van der Waals surface area contributed by atoms with Gasteiger partial charge in [0.15, 0.2) is 0 Å². The van der Waals surface area contributed by atoms with Crippen LogP contribution in [0.5, 0.6) is 0 Å². The van der Waals surface area contributed by atoms with Crippen LogP contribution in [0.3, 0.4) is 0 Å². The van der Waals surface area contributed by atoms with Gasteiger partial charge in [-0.3, -0.25) is 14.8 Å². The summed E-state index contributed by atoms with van der Waals surface area (Å²) in [5.41, 5.74) is 0.893. The third kappa shape index (κ3) is 2.96. The Morgan fingerprint density at radius 1 is 1.58 bits per heavy atom. The smallest absolute Gasteiger partial charge is 0.294 e. The van der Waals surface area contributed by atoms with Gasteiger partial charge < -0.3 is 5.11 Å². The molecule has 1 N–H and O–H groups in total. The molecular formula is C11H13N3O3S2. The summed E-state index contributed by atoms with van der Waals surface area (Å²) in [6, 6.07) is 3.30. The van der Waals surface area contributed by atoms with Crippen molar-refractivity contribution in [1.82, 2.24) is 9.78 Å². The Labute approximate surface area is 118 Å². The van der Waals surface area contributed by atoms with E-state index in [9.17, 15) is 15.2 Å². The Balaban J connectivity index is 2.38. The average molecular weight is 299 g/mol. The molecule has 0 bridgehead atoms. The first-order valence-corrected chi connectivity index (χ1v) is 7.16. The molecule has 0 saturated heterocycles. The van der Waals surface area contributed by atoms with Gasteiger partial charge in [-0.25, -0.2) is 0 Å². The summed E-state index contributed by atoms with van der Waals surface area (Å²) in [5.74, 6) is 0. The third-order valence-electron chi connectivity index (χ3n) is 2.46. The van der Waals surface area contributed by atoms with E-state index in [2.05, 4.69) is 5.10 Å². The number of rotatable bonds is 4. The zero-order valence-electron chi connectivity index (χ0n) is 10.7. The maximum Gasteiger partial charge on any atom is 0.294 e. The number of aliphatic hydroxyl groups is 1. The number of nitrogens with zero attached hydrogens (tertiary/aromatic N) is 3. The molecule has 0 amide bonds. The molecule has 19 heavy (non-hydrogen) atoms. The fourth-order valence-corrected chi connectivity index (χ4v) is 3.90. The lowest BCUT2D eigenvalue weighted by Crippen LogP contribution is -1.92. The van der Waals surface area contributed by atoms with Crippen molar-refractivity contribution in [1.29, 1.82) is 0 Å². The molecule has 2 aromatic rings. The van der Waals surface area contributed by atoms with Crippen molar-refractivity contribution in [3.8, 4) is 0 Å². The fraction of sp³-hybridized carbons (Fsp3) is 0.364. The SMILES string of the molecule is Cc1cc(Sc2sc([C@@H](C)O)cc2[N+](=O)[O-])n(C)n1. The molecule has 1 atom stereocenters. The molecule has 0 aliphatic heterocycles. The molecule has 0 aliphatic carbocycles. The molecule has 0 unspecified atom stereocenters. The van der Waals surface area contributed by atoms with Crippen LogP contribution in [-0.2, 0) is 7.05 Å². The van der Waals surface area contributed by atoms with E-state index in [0.29, 0.717) is 9.09 Å². The molecule has 0 radical (unpaired) electrons. The first kappa shape index (κ1) is 14.0. The molecule has 6 nitrogen and oxygen atoms in total. The molecule has 2 rings (SSSR count). The highest BCUT2D eigenvalue weighted by Crippen LogP contribution is 2.42. The fourth-order valence-electron chi connectivity index (χ4n) is 1.57. The molecule has 2 heterocycles. The summed E-state index contributed by atoms with van der Waals surface area (Å²) in [6.07, 6.45) is -0.702. The van der Waals surface area contributed by atoms with Crippen molar-refractivity contribution in [3.63, 3.8) is 0 Å². The summed E-state index contributed by atoms with van der Waals surface area (Å²) in [4.78, 5) is 11.2. The number of aliphatic hydroxyl groups excluding tert-OH is 1. The standard InChI is InChI=1S/C11H13N3O3S2/c1-6-4-10(13(3)12-6)19-11-8(14(16)17)5-9(18-11)7(2)15/h4-5,7,15H,1-3H3/t7-/m1/s1. The number of aryl methyl sites for hydroxylation is 2. The second-order valence-electron chi connectivity index (χ2n) is 4.10. The maximum atomic E-state index is 11.0. The molecular weight excluding hydrogens is 286 g/mol. The minimum atomic E-state index is -0.702. The minimum Gasteiger partial charge on any atom is -0.388 e. The molecule has 102 valence electrons. The van der Waals surface area contributed by atoms with Crippen molar-refractivity contribution in [2.24, 2.45) is 7.05 Å². The summed E-state index contributed by atoms with van der Waals surface area (Å²) in [5, 5.41) is 25.6. The largest absolute Gasteiger partial charge is 0.388 e. The highest BCUT2D eigenvalue weighted by molar-refractivity contribution is 8.01. The zero-order chi connectivity index (χ0) is 14.2. The van der Waals surface area contributed by atoms with Crippen LogP contribution >= 0.6 is 23.1 Å². The number of nitro groups is 1. The van der Waals surface area contributed by atoms with Gasteiger partial charge in [0.2, 0.25) is 0 Å². The monoisotopic (exact) mass is 299 g/mol. The summed E-state index contributed by atoms with van der Waals surface area (Å²) in [6.45, 7) is 3.46. The summed E-state index contributed by atoms with van der Waals surface area (Å²) in [7, 11) is 1.80. The maximum absolute atomic E-state index is 11.0. The number of thiophene rings is 1. The van der Waals surface area contributed by atoms with E-state index < -0.39 is 11.0 Å². The van der Waals surface area contributed by atoms with Gasteiger partial charge in [0.05, 0.1) is 21.7 Å². The number of aromatic nitrogens is 2. The highest BCUT2D eigenvalue weighted by Gasteiger charge is 2.22. The van der Waals surface area contributed by atoms with Gasteiger partial charge in [-0.2, -0.15) is 5.10 Å². The summed E-state index contributed by atoms with van der Waals surface area (Å²) < 4.78 is 2.25. The van der Waals surface area contributed by atoms with Gasteiger partial charge in [-0.15, -0.1) is 11.3 Å². The first-order valence-electron chi connectivity index (χ1n) is 5.53. The molecule has 2 aromatic heterocycles. The molecule has 0 saturated carbocycles. The van der Waals surface area contributed by atoms with Gasteiger partial charge >= 0.3 is 0 Å². The lowest BCUT2D eigenvalue weighted by molar-refractivity contribution is -0.387. The van der Waals surface area contributed by atoms with E-state index >= 15 is 0 Å². The van der Waals surface area contributed by atoms with E-state index in [1.54, 1.807) is 18.7 Å². The molecule has 0 aliphatic rings. The van der Waals surface area contributed by atoms with Crippen molar-refractivity contribution in [2.45, 2.75) is 29.2 Å². The summed E-state index contributed by atoms with van der Waals surface area (Å²) >= 11 is 2.53. The van der Waals surface area contributed by atoms with E-state index in [0.717, 1.165) is 10.7 Å². The second-order valence-corrected chi connectivity index (χ2v) is 6.48. The van der Waals surface area contributed by atoms with E-state index in [1.165, 1.54) is 29.2 Å². The highest BCUT2D eigenvalue weighted by atomic mass is 32.2. The van der Waals surface area contributed by atoms with Crippen LogP contribution in [0.15, 0.2) is 21.4 Å². The van der Waals surface area contributed by atoms with Crippen LogP contribution in [0.4, 0.5) is 5.69 Å². The lowest BCUT2D eigenvalue weighted by Gasteiger charge is -1.99. The minimum absolute atomic E-state index is 0.0322. The molecule has 0 fully saturated rings. The Hall–Kier alpha value is -1.38. The van der Waals surface area contributed by atoms with E-state index in [-0.39, 0.29) is 5.69 Å². The predicted octanol–water partition coefficient (Wildman–Crippen LogP) is 2.90. The topological polar surface area (TPSA) is 81.2 Å². The van der Waals surface area contributed by atoms with Crippen molar-refractivity contribution in [2.75, 3.05) is 0 Å². The quantitative estimate of drug-likeness (QED) is 0.693. The number of hydrogen-bond acceptors (Lipinski definition) is 6. The van der Waals surface area contributed by atoms with Gasteiger partial charge in [0.1, 0.15) is 4.21 Å². The Morgan fingerprint density at radius 2 is 2.26 bits per heavy atom. The van der Waals surface area contributed by atoms with Crippen molar-refractivity contribution >= 4 is 28.8 Å². The average Bonchev–Trinajstić information content (AvgIpc) is 2.84. The van der Waals surface area contributed by atoms with Crippen molar-refractivity contribution < 1.29 is 10.0 Å². The van der Waals surface area contributed by atoms with Crippen LogP contribution in [-0.4, -0.2) is 19.8 Å². The van der Waals surface area contributed by atoms with E-state index in [4.69, 9.17) is 0 Å². The molecule has 8 heteroatoms. The van der Waals surface area contributed by atoms with Crippen LogP contribution in [0.25, 0.3) is 0 Å². The molecule has 0 aromatic carbocycles. The Morgan fingerprint density at radius 3 is 2.74 bits per heavy atom. The van der Waals surface area contributed by atoms with E-state index in [1.807, 2.05) is 13.0 Å². The predicted molar refractivity (Wildman–Crippen MR) is 73.7 cm³/mol. The zero-order valence-corrected chi connectivity index (χ0v) is 12.3. The van der Waals surface area contributed by atoms with Crippen LogP contribution in [0.2, 0.25) is 0 Å². The van der Waals surface area contributed by atoms with Gasteiger partial charge in [-0.05, 0) is 19.9 Å². The van der Waals surface area contributed by atoms with Crippen LogP contribution < -0.4 is 0 Å². The van der Waals surface area contributed by atoms with Crippen LogP contribution in [0.1, 0.15) is 23.6 Å². The Kier molecular flexibility index (Phi) is 3.93. The first-order chi connectivity index (χ1) is 8.88. The van der Waals surface area contributed by atoms with Crippen LogP contribution in [0, 0.1) is 17.0 Å². The van der Waals surface area contributed by atoms with Gasteiger partial charge in [-0.1, -0.05) is 11.8 Å². The third-order valence-corrected chi connectivity index (χ3v) is 5.04. The lowest BCUT2D eigenvalue weighted by atomic mass is 10.3.